The highest BCUT2D eigenvalue weighted by Gasteiger charge is 2.27. The molecule has 1 amide bonds. The number of likely N-dealkylation sites (N-methyl/N-ethyl adjacent to an activating group) is 1. The number of benzene rings is 1. The van der Waals surface area contributed by atoms with E-state index in [1.807, 2.05) is 13.8 Å². The summed E-state index contributed by atoms with van der Waals surface area (Å²) in [6.07, 6.45) is 0.842. The second-order valence-electron chi connectivity index (χ2n) is 5.06. The first-order chi connectivity index (χ1) is 8.90. The minimum absolute atomic E-state index is 0.114. The standard InChI is InChI=1S/C15H23FN2O/c1-5-10(2)14(17)15(19)18(4)11(3)12-8-6-7-9-13(12)16/h6-11,14H,5,17H2,1-4H3. The van der Waals surface area contributed by atoms with Crippen molar-refractivity contribution in [3.63, 3.8) is 0 Å². The van der Waals surface area contributed by atoms with E-state index in [2.05, 4.69) is 0 Å². The van der Waals surface area contributed by atoms with Crippen molar-refractivity contribution in [3.8, 4) is 0 Å². The van der Waals surface area contributed by atoms with Crippen molar-refractivity contribution >= 4 is 5.91 Å². The fraction of sp³-hybridized carbons (Fsp3) is 0.533. The lowest BCUT2D eigenvalue weighted by Gasteiger charge is -2.30. The second kappa shape index (κ2) is 6.66. The van der Waals surface area contributed by atoms with Crippen molar-refractivity contribution in [1.29, 1.82) is 0 Å². The number of halogens is 1. The van der Waals surface area contributed by atoms with Crippen molar-refractivity contribution in [2.45, 2.75) is 39.3 Å². The van der Waals surface area contributed by atoms with Crippen LogP contribution in [0.5, 0.6) is 0 Å². The largest absolute Gasteiger partial charge is 0.338 e. The maximum atomic E-state index is 13.7. The van der Waals surface area contributed by atoms with E-state index in [1.165, 1.54) is 11.0 Å². The maximum Gasteiger partial charge on any atom is 0.240 e. The predicted molar refractivity (Wildman–Crippen MR) is 75.0 cm³/mol. The fourth-order valence-electron chi connectivity index (χ4n) is 1.95. The van der Waals surface area contributed by atoms with E-state index >= 15 is 0 Å². The summed E-state index contributed by atoms with van der Waals surface area (Å²) in [5.41, 5.74) is 6.45. The number of nitrogens with two attached hydrogens (primary N) is 1. The van der Waals surface area contributed by atoms with Gasteiger partial charge < -0.3 is 10.6 Å². The Morgan fingerprint density at radius 3 is 2.47 bits per heavy atom. The highest BCUT2D eigenvalue weighted by Crippen LogP contribution is 2.23. The van der Waals surface area contributed by atoms with Crippen molar-refractivity contribution in [1.82, 2.24) is 4.90 Å². The molecule has 1 aromatic carbocycles. The van der Waals surface area contributed by atoms with E-state index in [9.17, 15) is 9.18 Å². The van der Waals surface area contributed by atoms with Crippen LogP contribution in [-0.2, 0) is 4.79 Å². The molecule has 1 rings (SSSR count). The van der Waals surface area contributed by atoms with Gasteiger partial charge in [0, 0.05) is 12.6 Å². The van der Waals surface area contributed by atoms with Crippen molar-refractivity contribution < 1.29 is 9.18 Å². The summed E-state index contributed by atoms with van der Waals surface area (Å²) >= 11 is 0. The number of hydrogen-bond donors (Lipinski definition) is 1. The summed E-state index contributed by atoms with van der Waals surface area (Å²) in [5.74, 6) is -0.334. The Hall–Kier alpha value is -1.42. The van der Waals surface area contributed by atoms with Crippen LogP contribution in [0.1, 0.15) is 38.8 Å². The van der Waals surface area contributed by atoms with E-state index in [4.69, 9.17) is 5.73 Å². The van der Waals surface area contributed by atoms with Crippen LogP contribution in [0.25, 0.3) is 0 Å². The molecule has 4 heteroatoms. The smallest absolute Gasteiger partial charge is 0.240 e. The SMILES string of the molecule is CCC(C)C(N)C(=O)N(C)C(C)c1ccccc1F. The van der Waals surface area contributed by atoms with Crippen LogP contribution in [-0.4, -0.2) is 23.9 Å². The molecule has 0 heterocycles. The van der Waals surface area contributed by atoms with Gasteiger partial charge in [0.25, 0.3) is 0 Å². The molecule has 0 radical (unpaired) electrons. The van der Waals surface area contributed by atoms with Crippen LogP contribution < -0.4 is 5.73 Å². The van der Waals surface area contributed by atoms with Crippen LogP contribution in [0, 0.1) is 11.7 Å². The molecule has 0 aromatic heterocycles. The van der Waals surface area contributed by atoms with Gasteiger partial charge in [-0.1, -0.05) is 38.5 Å². The van der Waals surface area contributed by atoms with Gasteiger partial charge in [-0.3, -0.25) is 4.79 Å². The first-order valence-corrected chi connectivity index (χ1v) is 6.66. The average molecular weight is 266 g/mol. The lowest BCUT2D eigenvalue weighted by Crippen LogP contribution is -2.46. The zero-order chi connectivity index (χ0) is 14.6. The first-order valence-electron chi connectivity index (χ1n) is 6.66. The van der Waals surface area contributed by atoms with Gasteiger partial charge in [0.15, 0.2) is 0 Å². The Kier molecular flexibility index (Phi) is 5.48. The zero-order valence-corrected chi connectivity index (χ0v) is 12.1. The molecule has 3 unspecified atom stereocenters. The van der Waals surface area contributed by atoms with E-state index in [0.29, 0.717) is 5.56 Å². The molecule has 19 heavy (non-hydrogen) atoms. The monoisotopic (exact) mass is 266 g/mol. The molecule has 3 atom stereocenters. The van der Waals surface area contributed by atoms with Gasteiger partial charge in [0.2, 0.25) is 5.91 Å². The normalized spacial score (nSPS) is 15.7. The number of carbonyl (C=O) groups is 1. The molecule has 0 fully saturated rings. The Morgan fingerprint density at radius 1 is 1.37 bits per heavy atom. The summed E-state index contributed by atoms with van der Waals surface area (Å²) < 4.78 is 13.7. The van der Waals surface area contributed by atoms with Crippen LogP contribution in [0.15, 0.2) is 24.3 Å². The molecule has 2 N–H and O–H groups in total. The summed E-state index contributed by atoms with van der Waals surface area (Å²) in [4.78, 5) is 13.8. The first kappa shape index (κ1) is 15.6. The second-order valence-corrected chi connectivity index (χ2v) is 5.06. The number of amides is 1. The predicted octanol–water partition coefficient (Wildman–Crippen LogP) is 2.72. The molecule has 0 saturated heterocycles. The molecular formula is C15H23FN2O. The number of rotatable bonds is 5. The molecule has 0 aliphatic carbocycles. The highest BCUT2D eigenvalue weighted by atomic mass is 19.1. The Bertz CT molecular complexity index is 436. The Labute approximate surface area is 114 Å². The third-order valence-electron chi connectivity index (χ3n) is 3.83. The minimum Gasteiger partial charge on any atom is -0.338 e. The molecule has 0 spiro atoms. The van der Waals surface area contributed by atoms with Crippen LogP contribution in [0.4, 0.5) is 4.39 Å². The minimum atomic E-state index is -0.538. The number of carbonyl (C=O) groups excluding carboxylic acids is 1. The van der Waals surface area contributed by atoms with E-state index in [1.54, 1.807) is 32.2 Å². The zero-order valence-electron chi connectivity index (χ0n) is 12.1. The van der Waals surface area contributed by atoms with Gasteiger partial charge in [-0.05, 0) is 18.9 Å². The summed E-state index contributed by atoms with van der Waals surface area (Å²) in [7, 11) is 1.67. The molecule has 0 aliphatic heterocycles. The van der Waals surface area contributed by atoms with E-state index < -0.39 is 6.04 Å². The topological polar surface area (TPSA) is 46.3 Å². The quantitative estimate of drug-likeness (QED) is 0.890. The van der Waals surface area contributed by atoms with Gasteiger partial charge in [0.05, 0.1) is 12.1 Å². The number of hydrogen-bond acceptors (Lipinski definition) is 2. The molecule has 106 valence electrons. The van der Waals surface area contributed by atoms with Gasteiger partial charge >= 0.3 is 0 Å². The summed E-state index contributed by atoms with van der Waals surface area (Å²) in [6, 6.07) is 5.63. The molecule has 1 aromatic rings. The van der Waals surface area contributed by atoms with Crippen LogP contribution in [0.3, 0.4) is 0 Å². The van der Waals surface area contributed by atoms with Gasteiger partial charge in [-0.25, -0.2) is 4.39 Å². The Morgan fingerprint density at radius 2 is 1.95 bits per heavy atom. The number of nitrogens with zero attached hydrogens (tertiary/aromatic N) is 1. The van der Waals surface area contributed by atoms with E-state index in [0.717, 1.165) is 6.42 Å². The highest BCUT2D eigenvalue weighted by molar-refractivity contribution is 5.82. The average Bonchev–Trinajstić information content (AvgIpc) is 2.43. The molecule has 0 saturated carbocycles. The maximum absolute atomic E-state index is 13.7. The summed E-state index contributed by atoms with van der Waals surface area (Å²) in [5, 5.41) is 0. The van der Waals surface area contributed by atoms with Crippen molar-refractivity contribution in [2.24, 2.45) is 11.7 Å². The van der Waals surface area contributed by atoms with Crippen LogP contribution in [0.2, 0.25) is 0 Å². The summed E-state index contributed by atoms with van der Waals surface area (Å²) in [6.45, 7) is 5.75. The molecular weight excluding hydrogens is 243 g/mol. The van der Waals surface area contributed by atoms with E-state index in [-0.39, 0.29) is 23.7 Å². The van der Waals surface area contributed by atoms with Gasteiger partial charge in [-0.15, -0.1) is 0 Å². The lowest BCUT2D eigenvalue weighted by molar-refractivity contribution is -0.134. The molecule has 0 aliphatic rings. The third-order valence-corrected chi connectivity index (χ3v) is 3.83. The fourth-order valence-corrected chi connectivity index (χ4v) is 1.95. The molecule has 0 bridgehead atoms. The van der Waals surface area contributed by atoms with Gasteiger partial charge in [0.1, 0.15) is 5.82 Å². The third kappa shape index (κ3) is 3.53. The molecule has 3 nitrogen and oxygen atoms in total. The van der Waals surface area contributed by atoms with Gasteiger partial charge in [-0.2, -0.15) is 0 Å². The lowest BCUT2D eigenvalue weighted by atomic mass is 9.97. The van der Waals surface area contributed by atoms with Crippen molar-refractivity contribution in [3.05, 3.63) is 35.6 Å². The van der Waals surface area contributed by atoms with Crippen molar-refractivity contribution in [2.75, 3.05) is 7.05 Å². The Balaban J connectivity index is 2.85. The van der Waals surface area contributed by atoms with Crippen LogP contribution >= 0.6 is 0 Å².